The quantitative estimate of drug-likeness (QED) is 0.699. The lowest BCUT2D eigenvalue weighted by molar-refractivity contribution is 0.600. The molecule has 0 spiro atoms. The number of aryl methyl sites for hydroxylation is 1. The highest BCUT2D eigenvalue weighted by Crippen LogP contribution is 2.25. The maximum atomic E-state index is 12.4. The molecule has 2 aromatic carbocycles. The first-order valence-electron chi connectivity index (χ1n) is 7.19. The number of halogens is 1. The summed E-state index contributed by atoms with van der Waals surface area (Å²) in [6.45, 7) is 1.94. The number of sulfonamides is 1. The summed E-state index contributed by atoms with van der Waals surface area (Å²) in [6.07, 6.45) is 0. The van der Waals surface area contributed by atoms with Gasteiger partial charge in [0.05, 0.1) is 16.5 Å². The maximum Gasteiger partial charge on any atom is 0.236 e. The van der Waals surface area contributed by atoms with Crippen molar-refractivity contribution in [3.63, 3.8) is 0 Å². The molecule has 7 heteroatoms. The molecule has 4 nitrogen and oxygen atoms in total. The molecule has 3 rings (SSSR count). The van der Waals surface area contributed by atoms with Gasteiger partial charge in [-0.2, -0.15) is 0 Å². The first-order valence-corrected chi connectivity index (χ1v) is 10.1. The molecule has 0 radical (unpaired) electrons. The minimum absolute atomic E-state index is 0.131. The zero-order valence-electron chi connectivity index (χ0n) is 12.9. The molecule has 0 saturated carbocycles. The molecular formula is C17H15ClN2O2S2. The summed E-state index contributed by atoms with van der Waals surface area (Å²) in [7, 11) is -3.52. The van der Waals surface area contributed by atoms with E-state index in [2.05, 4.69) is 9.71 Å². The fourth-order valence-electron chi connectivity index (χ4n) is 2.30. The molecule has 0 saturated heterocycles. The first kappa shape index (κ1) is 17.0. The number of hydrogen-bond acceptors (Lipinski definition) is 4. The number of nitrogens with zero attached hydrogens (tertiary/aromatic N) is 1. The second-order valence-corrected chi connectivity index (χ2v) is 8.54. The number of hydrogen-bond donors (Lipinski definition) is 1. The molecule has 1 N–H and O–H groups in total. The van der Waals surface area contributed by atoms with Crippen molar-refractivity contribution in [2.45, 2.75) is 12.7 Å². The Morgan fingerprint density at radius 1 is 1.17 bits per heavy atom. The summed E-state index contributed by atoms with van der Waals surface area (Å²) < 4.78 is 27.3. The molecule has 24 heavy (non-hydrogen) atoms. The fraction of sp³-hybridized carbons (Fsp3) is 0.118. The van der Waals surface area contributed by atoms with E-state index in [9.17, 15) is 8.42 Å². The Hall–Kier alpha value is -1.89. The Balaban J connectivity index is 1.80. The van der Waals surface area contributed by atoms with Gasteiger partial charge < -0.3 is 0 Å². The summed E-state index contributed by atoms with van der Waals surface area (Å²) in [5.74, 6) is -0.131. The van der Waals surface area contributed by atoms with E-state index in [1.165, 1.54) is 0 Å². The van der Waals surface area contributed by atoms with Gasteiger partial charge in [0.25, 0.3) is 0 Å². The van der Waals surface area contributed by atoms with Crippen LogP contribution in [0.4, 0.5) is 5.69 Å². The summed E-state index contributed by atoms with van der Waals surface area (Å²) in [6, 6.07) is 14.0. The van der Waals surface area contributed by atoms with Crippen molar-refractivity contribution in [3.8, 4) is 11.3 Å². The smallest absolute Gasteiger partial charge is 0.236 e. The zero-order chi connectivity index (χ0) is 17.2. The second-order valence-electron chi connectivity index (χ2n) is 5.32. The molecule has 0 amide bonds. The van der Waals surface area contributed by atoms with Gasteiger partial charge in [-0.25, -0.2) is 13.4 Å². The van der Waals surface area contributed by atoms with E-state index in [4.69, 9.17) is 11.6 Å². The summed E-state index contributed by atoms with van der Waals surface area (Å²) in [5.41, 5.74) is 2.87. The monoisotopic (exact) mass is 378 g/mol. The Morgan fingerprint density at radius 3 is 2.67 bits per heavy atom. The number of thiazole rings is 1. The lowest BCUT2D eigenvalue weighted by Crippen LogP contribution is -2.15. The van der Waals surface area contributed by atoms with Crippen LogP contribution in [0.2, 0.25) is 5.02 Å². The average Bonchev–Trinajstić information content (AvgIpc) is 2.93. The van der Waals surface area contributed by atoms with Crippen molar-refractivity contribution in [3.05, 3.63) is 69.5 Å². The van der Waals surface area contributed by atoms with E-state index in [0.29, 0.717) is 16.3 Å². The highest BCUT2D eigenvalue weighted by Gasteiger charge is 2.13. The van der Waals surface area contributed by atoms with Crippen LogP contribution in [0.15, 0.2) is 53.9 Å². The third-order valence-corrected chi connectivity index (χ3v) is 5.57. The average molecular weight is 379 g/mol. The molecule has 0 unspecified atom stereocenters. The van der Waals surface area contributed by atoms with Crippen molar-refractivity contribution >= 4 is 38.6 Å². The van der Waals surface area contributed by atoms with Crippen LogP contribution in [0.25, 0.3) is 11.3 Å². The van der Waals surface area contributed by atoms with Crippen LogP contribution in [-0.4, -0.2) is 13.4 Å². The van der Waals surface area contributed by atoms with Crippen LogP contribution in [0, 0.1) is 6.92 Å². The number of nitrogens with one attached hydrogen (secondary N) is 1. The molecule has 124 valence electrons. The van der Waals surface area contributed by atoms with Gasteiger partial charge in [0.15, 0.2) is 0 Å². The van der Waals surface area contributed by atoms with Crippen LogP contribution in [0.3, 0.4) is 0 Å². The van der Waals surface area contributed by atoms with Gasteiger partial charge in [-0.15, -0.1) is 11.3 Å². The molecule has 0 fully saturated rings. The molecule has 0 aliphatic rings. The second kappa shape index (κ2) is 6.93. The number of anilines is 1. The van der Waals surface area contributed by atoms with E-state index in [-0.39, 0.29) is 5.75 Å². The molecular weight excluding hydrogens is 364 g/mol. The summed E-state index contributed by atoms with van der Waals surface area (Å²) in [5, 5.41) is 3.44. The van der Waals surface area contributed by atoms with Gasteiger partial charge in [-0.05, 0) is 36.8 Å². The van der Waals surface area contributed by atoms with Gasteiger partial charge in [0.1, 0.15) is 0 Å². The Kier molecular flexibility index (Phi) is 4.89. The standard InChI is InChI=1S/C17H15ClN2O2S2/c1-12-19-17(10-23-12)14-5-3-7-16(9-14)20-24(21,22)11-13-4-2-6-15(18)8-13/h2-10,20H,11H2,1H3. The number of rotatable bonds is 5. The third-order valence-electron chi connectivity index (χ3n) is 3.30. The third kappa shape index (κ3) is 4.35. The molecule has 0 bridgehead atoms. The molecule has 3 aromatic rings. The topological polar surface area (TPSA) is 59.1 Å². The highest BCUT2D eigenvalue weighted by molar-refractivity contribution is 7.91. The van der Waals surface area contributed by atoms with E-state index in [0.717, 1.165) is 16.3 Å². The minimum Gasteiger partial charge on any atom is -0.283 e. The van der Waals surface area contributed by atoms with Crippen molar-refractivity contribution in [2.75, 3.05) is 4.72 Å². The predicted octanol–water partition coefficient (Wildman–Crippen LogP) is 4.71. The van der Waals surface area contributed by atoms with Gasteiger partial charge >= 0.3 is 0 Å². The summed E-state index contributed by atoms with van der Waals surface area (Å²) >= 11 is 7.46. The van der Waals surface area contributed by atoms with Crippen LogP contribution < -0.4 is 4.72 Å². The molecule has 0 aliphatic carbocycles. The largest absolute Gasteiger partial charge is 0.283 e. The van der Waals surface area contributed by atoms with Gasteiger partial charge in [-0.1, -0.05) is 35.9 Å². The first-order chi connectivity index (χ1) is 11.4. The van der Waals surface area contributed by atoms with Gasteiger partial charge in [0, 0.05) is 21.7 Å². The number of benzene rings is 2. The van der Waals surface area contributed by atoms with Crippen molar-refractivity contribution in [2.24, 2.45) is 0 Å². The lowest BCUT2D eigenvalue weighted by atomic mass is 10.1. The summed E-state index contributed by atoms with van der Waals surface area (Å²) in [4.78, 5) is 4.42. The molecule has 1 aromatic heterocycles. The number of aromatic nitrogens is 1. The van der Waals surface area contributed by atoms with Crippen LogP contribution in [0.5, 0.6) is 0 Å². The lowest BCUT2D eigenvalue weighted by Gasteiger charge is -2.09. The zero-order valence-corrected chi connectivity index (χ0v) is 15.3. The van der Waals surface area contributed by atoms with Crippen molar-refractivity contribution in [1.29, 1.82) is 0 Å². The van der Waals surface area contributed by atoms with Crippen LogP contribution in [0.1, 0.15) is 10.6 Å². The van der Waals surface area contributed by atoms with E-state index < -0.39 is 10.0 Å². The van der Waals surface area contributed by atoms with Crippen LogP contribution >= 0.6 is 22.9 Å². The minimum atomic E-state index is -3.52. The van der Waals surface area contributed by atoms with Gasteiger partial charge in [-0.3, -0.25) is 4.72 Å². The SMILES string of the molecule is Cc1nc(-c2cccc(NS(=O)(=O)Cc3cccc(Cl)c3)c2)cs1. The Morgan fingerprint density at radius 2 is 1.96 bits per heavy atom. The normalized spacial score (nSPS) is 11.4. The Labute approximate surface area is 150 Å². The highest BCUT2D eigenvalue weighted by atomic mass is 35.5. The van der Waals surface area contributed by atoms with Gasteiger partial charge in [0.2, 0.25) is 10.0 Å². The van der Waals surface area contributed by atoms with E-state index >= 15 is 0 Å². The maximum absolute atomic E-state index is 12.4. The predicted molar refractivity (Wildman–Crippen MR) is 100.0 cm³/mol. The molecule has 1 heterocycles. The molecule has 0 aliphatic heterocycles. The van der Waals surface area contributed by atoms with Crippen molar-refractivity contribution < 1.29 is 8.42 Å². The van der Waals surface area contributed by atoms with E-state index in [1.807, 2.05) is 18.4 Å². The molecule has 0 atom stereocenters. The van der Waals surface area contributed by atoms with Crippen molar-refractivity contribution in [1.82, 2.24) is 4.98 Å². The van der Waals surface area contributed by atoms with Crippen LogP contribution in [-0.2, 0) is 15.8 Å². The fourth-order valence-corrected chi connectivity index (χ4v) is 4.31. The van der Waals surface area contributed by atoms with E-state index in [1.54, 1.807) is 53.8 Å². The Bertz CT molecular complexity index is 968.